The van der Waals surface area contributed by atoms with Crippen LogP contribution in [0.15, 0.2) is 27.1 Å². The highest BCUT2D eigenvalue weighted by Gasteiger charge is 2.08. The summed E-state index contributed by atoms with van der Waals surface area (Å²) in [6, 6.07) is 5.09. The van der Waals surface area contributed by atoms with Gasteiger partial charge in [-0.05, 0) is 50.4 Å². The average Bonchev–Trinajstić information content (AvgIpc) is 2.29. The van der Waals surface area contributed by atoms with Crippen LogP contribution in [0.5, 0.6) is 0 Å². The van der Waals surface area contributed by atoms with E-state index >= 15 is 0 Å². The number of nitrogens with one attached hydrogen (secondary N) is 2. The minimum Gasteiger partial charge on any atom is -0.481 e. The highest BCUT2D eigenvalue weighted by Crippen LogP contribution is 2.30. The number of halogens is 2. The highest BCUT2D eigenvalue weighted by molar-refractivity contribution is 9.11. The second kappa shape index (κ2) is 7.38. The number of hydrogen-bond acceptors (Lipinski definition) is 2. The van der Waals surface area contributed by atoms with Crippen LogP contribution in [0.3, 0.4) is 0 Å². The number of carbonyl (C=O) groups is 2. The van der Waals surface area contributed by atoms with E-state index in [-0.39, 0.29) is 12.5 Å². The zero-order valence-corrected chi connectivity index (χ0v) is 12.5. The summed E-state index contributed by atoms with van der Waals surface area (Å²) in [5, 5.41) is 13.7. The Bertz CT molecular complexity index is 432. The van der Waals surface area contributed by atoms with Gasteiger partial charge >= 0.3 is 12.0 Å². The number of para-hydroxylation sites is 1. The molecule has 0 radical (unpaired) electrons. The van der Waals surface area contributed by atoms with Crippen molar-refractivity contribution < 1.29 is 14.7 Å². The van der Waals surface area contributed by atoms with Crippen LogP contribution in [-0.2, 0) is 4.79 Å². The normalized spacial score (nSPS) is 9.89. The Morgan fingerprint density at radius 3 is 2.39 bits per heavy atom. The Morgan fingerprint density at radius 2 is 1.83 bits per heavy atom. The number of rotatable bonds is 5. The van der Waals surface area contributed by atoms with Crippen LogP contribution in [0.4, 0.5) is 10.5 Å². The van der Waals surface area contributed by atoms with Gasteiger partial charge in [0.25, 0.3) is 0 Å². The highest BCUT2D eigenvalue weighted by atomic mass is 79.9. The number of anilines is 1. The second-order valence-electron chi connectivity index (χ2n) is 3.47. The zero-order valence-electron chi connectivity index (χ0n) is 9.37. The van der Waals surface area contributed by atoms with Crippen LogP contribution in [-0.4, -0.2) is 23.7 Å². The number of carboxylic acid groups (broad SMARTS) is 1. The number of carbonyl (C=O) groups excluding carboxylic acids is 1. The van der Waals surface area contributed by atoms with E-state index in [0.29, 0.717) is 18.7 Å². The predicted octanol–water partition coefficient (Wildman–Crippen LogP) is 3.20. The molecule has 0 spiro atoms. The van der Waals surface area contributed by atoms with E-state index in [1.54, 1.807) is 0 Å². The van der Waals surface area contributed by atoms with E-state index in [2.05, 4.69) is 42.5 Å². The first-order chi connectivity index (χ1) is 8.50. The quantitative estimate of drug-likeness (QED) is 0.687. The molecule has 0 fully saturated rings. The van der Waals surface area contributed by atoms with Crippen molar-refractivity contribution >= 4 is 49.5 Å². The van der Waals surface area contributed by atoms with Gasteiger partial charge in [-0.1, -0.05) is 6.07 Å². The third-order valence-electron chi connectivity index (χ3n) is 2.05. The fraction of sp³-hybridized carbons (Fsp3) is 0.273. The third-order valence-corrected chi connectivity index (χ3v) is 3.38. The standard InChI is InChI=1S/C11H12Br2N2O3/c12-7-3-1-4-8(13)10(7)15-11(18)14-6-2-5-9(16)17/h1,3-4H,2,5-6H2,(H,16,17)(H2,14,15,18). The molecule has 2 amide bonds. The smallest absolute Gasteiger partial charge is 0.319 e. The lowest BCUT2D eigenvalue weighted by Gasteiger charge is -2.10. The molecule has 1 rings (SSSR count). The van der Waals surface area contributed by atoms with Crippen molar-refractivity contribution in [2.45, 2.75) is 12.8 Å². The first-order valence-electron chi connectivity index (χ1n) is 5.21. The van der Waals surface area contributed by atoms with E-state index in [4.69, 9.17) is 5.11 Å². The number of urea groups is 1. The molecule has 0 saturated heterocycles. The largest absolute Gasteiger partial charge is 0.481 e. The van der Waals surface area contributed by atoms with Gasteiger partial charge in [0.15, 0.2) is 0 Å². The lowest BCUT2D eigenvalue weighted by Crippen LogP contribution is -2.30. The topological polar surface area (TPSA) is 78.4 Å². The first-order valence-corrected chi connectivity index (χ1v) is 6.80. The maximum Gasteiger partial charge on any atom is 0.319 e. The summed E-state index contributed by atoms with van der Waals surface area (Å²) in [6.45, 7) is 0.320. The Hall–Kier alpha value is -1.08. The van der Waals surface area contributed by atoms with E-state index in [1.807, 2.05) is 18.2 Å². The number of carboxylic acids is 1. The van der Waals surface area contributed by atoms with E-state index in [9.17, 15) is 9.59 Å². The summed E-state index contributed by atoms with van der Waals surface area (Å²) in [5.74, 6) is -0.870. The fourth-order valence-electron chi connectivity index (χ4n) is 1.22. The third kappa shape index (κ3) is 5.05. The minimum absolute atomic E-state index is 0.0407. The summed E-state index contributed by atoms with van der Waals surface area (Å²) in [6.07, 6.45) is 0.443. The van der Waals surface area contributed by atoms with Gasteiger partial charge in [0.1, 0.15) is 0 Å². The Balaban J connectivity index is 2.43. The van der Waals surface area contributed by atoms with Gasteiger partial charge in [0, 0.05) is 21.9 Å². The molecule has 0 aliphatic carbocycles. The average molecular weight is 380 g/mol. The molecular formula is C11H12Br2N2O3. The minimum atomic E-state index is -0.870. The number of aliphatic carboxylic acids is 1. The molecule has 1 aromatic carbocycles. The molecule has 7 heteroatoms. The molecule has 98 valence electrons. The monoisotopic (exact) mass is 378 g/mol. The van der Waals surface area contributed by atoms with Crippen molar-refractivity contribution in [2.75, 3.05) is 11.9 Å². The Morgan fingerprint density at radius 1 is 1.22 bits per heavy atom. The summed E-state index contributed by atoms with van der Waals surface area (Å²) in [7, 11) is 0. The van der Waals surface area contributed by atoms with Crippen LogP contribution in [0, 0.1) is 0 Å². The van der Waals surface area contributed by atoms with Crippen LogP contribution in [0.2, 0.25) is 0 Å². The van der Waals surface area contributed by atoms with Crippen LogP contribution >= 0.6 is 31.9 Å². The van der Waals surface area contributed by atoms with Crippen LogP contribution < -0.4 is 10.6 Å². The van der Waals surface area contributed by atoms with Crippen molar-refractivity contribution in [3.8, 4) is 0 Å². The van der Waals surface area contributed by atoms with Gasteiger partial charge in [0.05, 0.1) is 5.69 Å². The predicted molar refractivity (Wildman–Crippen MR) is 75.7 cm³/mol. The van der Waals surface area contributed by atoms with E-state index in [1.165, 1.54) is 0 Å². The number of amides is 2. The van der Waals surface area contributed by atoms with Gasteiger partial charge < -0.3 is 15.7 Å². The zero-order chi connectivity index (χ0) is 13.5. The maximum atomic E-state index is 11.6. The second-order valence-corrected chi connectivity index (χ2v) is 5.18. The van der Waals surface area contributed by atoms with Gasteiger partial charge in [0.2, 0.25) is 0 Å². The first kappa shape index (κ1) is 15.0. The van der Waals surface area contributed by atoms with Crippen molar-refractivity contribution in [2.24, 2.45) is 0 Å². The summed E-state index contributed by atoms with van der Waals surface area (Å²) >= 11 is 6.65. The molecule has 5 nitrogen and oxygen atoms in total. The van der Waals surface area contributed by atoms with E-state index in [0.717, 1.165) is 8.95 Å². The van der Waals surface area contributed by atoms with Crippen molar-refractivity contribution in [3.05, 3.63) is 27.1 Å². The van der Waals surface area contributed by atoms with Crippen molar-refractivity contribution in [1.29, 1.82) is 0 Å². The molecular weight excluding hydrogens is 368 g/mol. The Labute approximate surface area is 121 Å². The Kier molecular flexibility index (Phi) is 6.14. The maximum absolute atomic E-state index is 11.6. The van der Waals surface area contributed by atoms with E-state index < -0.39 is 5.97 Å². The molecule has 3 N–H and O–H groups in total. The number of benzene rings is 1. The van der Waals surface area contributed by atoms with Gasteiger partial charge in [-0.15, -0.1) is 0 Å². The fourth-order valence-corrected chi connectivity index (χ4v) is 2.41. The molecule has 0 heterocycles. The molecule has 0 aromatic heterocycles. The molecule has 0 atom stereocenters. The van der Waals surface area contributed by atoms with Crippen LogP contribution in [0.1, 0.15) is 12.8 Å². The molecule has 0 aliphatic rings. The summed E-state index contributed by atoms with van der Waals surface area (Å²) in [4.78, 5) is 21.8. The van der Waals surface area contributed by atoms with Crippen molar-refractivity contribution in [3.63, 3.8) is 0 Å². The lowest BCUT2D eigenvalue weighted by molar-refractivity contribution is -0.137. The molecule has 0 unspecified atom stereocenters. The van der Waals surface area contributed by atoms with Gasteiger partial charge in [-0.3, -0.25) is 4.79 Å². The molecule has 0 bridgehead atoms. The molecule has 0 saturated carbocycles. The SMILES string of the molecule is O=C(O)CCCNC(=O)Nc1c(Br)cccc1Br. The molecule has 18 heavy (non-hydrogen) atoms. The molecule has 0 aliphatic heterocycles. The van der Waals surface area contributed by atoms with Gasteiger partial charge in [-0.2, -0.15) is 0 Å². The van der Waals surface area contributed by atoms with Crippen molar-refractivity contribution in [1.82, 2.24) is 5.32 Å². The lowest BCUT2D eigenvalue weighted by atomic mass is 10.3. The summed E-state index contributed by atoms with van der Waals surface area (Å²) in [5.41, 5.74) is 0.633. The number of hydrogen-bond donors (Lipinski definition) is 3. The summed E-state index contributed by atoms with van der Waals surface area (Å²) < 4.78 is 1.52. The van der Waals surface area contributed by atoms with Gasteiger partial charge in [-0.25, -0.2) is 4.79 Å². The van der Waals surface area contributed by atoms with Crippen LogP contribution in [0.25, 0.3) is 0 Å². The molecule has 1 aromatic rings.